The van der Waals surface area contributed by atoms with Crippen LogP contribution in [0.1, 0.15) is 18.4 Å². The van der Waals surface area contributed by atoms with Crippen LogP contribution in [0, 0.1) is 6.92 Å². The van der Waals surface area contributed by atoms with E-state index in [0.717, 1.165) is 11.1 Å². The number of aromatic nitrogens is 2. The van der Waals surface area contributed by atoms with Crippen molar-refractivity contribution in [1.82, 2.24) is 15.0 Å². The van der Waals surface area contributed by atoms with Crippen LogP contribution in [0.3, 0.4) is 0 Å². The molecule has 0 aliphatic carbocycles. The second kappa shape index (κ2) is 9.39. The minimum absolute atomic E-state index is 0.165. The summed E-state index contributed by atoms with van der Waals surface area (Å²) < 4.78 is 11.1. The fourth-order valence-electron chi connectivity index (χ4n) is 2.78. The molecule has 0 spiro atoms. The SMILES string of the molecule is C=CCN(Cc1nc(-c2ccccc2)no1)C(=O)[C@@H](C)Oc1ccc(Cl)c(C)c1. The molecule has 0 saturated carbocycles. The Bertz CT molecular complexity index is 988. The minimum atomic E-state index is -0.702. The number of carbonyl (C=O) groups is 1. The molecule has 0 aliphatic rings. The van der Waals surface area contributed by atoms with Crippen LogP contribution < -0.4 is 4.74 Å². The Balaban J connectivity index is 1.70. The van der Waals surface area contributed by atoms with E-state index in [9.17, 15) is 4.79 Å². The van der Waals surface area contributed by atoms with E-state index in [1.54, 1.807) is 36.1 Å². The van der Waals surface area contributed by atoms with E-state index in [-0.39, 0.29) is 12.5 Å². The number of carbonyl (C=O) groups excluding carboxylic acids is 1. The topological polar surface area (TPSA) is 68.5 Å². The molecule has 7 heteroatoms. The van der Waals surface area contributed by atoms with E-state index >= 15 is 0 Å². The number of halogens is 1. The third kappa shape index (κ3) is 5.23. The quantitative estimate of drug-likeness (QED) is 0.503. The Labute approximate surface area is 174 Å². The molecule has 0 fully saturated rings. The molecule has 1 heterocycles. The first-order valence-corrected chi connectivity index (χ1v) is 9.56. The average Bonchev–Trinajstić information content (AvgIpc) is 3.19. The Kier molecular flexibility index (Phi) is 6.67. The normalized spacial score (nSPS) is 11.7. The van der Waals surface area contributed by atoms with Gasteiger partial charge in [0.25, 0.3) is 5.91 Å². The fourth-order valence-corrected chi connectivity index (χ4v) is 2.89. The van der Waals surface area contributed by atoms with Crippen LogP contribution in [-0.2, 0) is 11.3 Å². The van der Waals surface area contributed by atoms with Gasteiger partial charge in [0.2, 0.25) is 11.7 Å². The molecule has 0 unspecified atom stereocenters. The Morgan fingerprint density at radius 2 is 2.07 bits per heavy atom. The number of ether oxygens (including phenoxy) is 1. The maximum absolute atomic E-state index is 12.9. The summed E-state index contributed by atoms with van der Waals surface area (Å²) in [4.78, 5) is 18.9. The van der Waals surface area contributed by atoms with Gasteiger partial charge in [0.05, 0.1) is 0 Å². The van der Waals surface area contributed by atoms with Crippen LogP contribution in [0.5, 0.6) is 5.75 Å². The van der Waals surface area contributed by atoms with Crippen LogP contribution >= 0.6 is 11.6 Å². The maximum Gasteiger partial charge on any atom is 0.264 e. The summed E-state index contributed by atoms with van der Waals surface area (Å²) in [6.45, 7) is 7.80. The van der Waals surface area contributed by atoms with Gasteiger partial charge in [-0.3, -0.25) is 4.79 Å². The highest BCUT2D eigenvalue weighted by Crippen LogP contribution is 2.22. The fraction of sp³-hybridized carbons (Fsp3) is 0.227. The van der Waals surface area contributed by atoms with Crippen molar-refractivity contribution in [3.63, 3.8) is 0 Å². The minimum Gasteiger partial charge on any atom is -0.481 e. The molecule has 1 atom stereocenters. The molecule has 6 nitrogen and oxygen atoms in total. The van der Waals surface area contributed by atoms with Crippen molar-refractivity contribution in [1.29, 1.82) is 0 Å². The van der Waals surface area contributed by atoms with Gasteiger partial charge in [-0.05, 0) is 37.6 Å². The molecule has 0 radical (unpaired) electrons. The van der Waals surface area contributed by atoms with Gasteiger partial charge in [-0.1, -0.05) is 53.2 Å². The van der Waals surface area contributed by atoms with E-state index < -0.39 is 6.10 Å². The van der Waals surface area contributed by atoms with Gasteiger partial charge in [-0.15, -0.1) is 6.58 Å². The lowest BCUT2D eigenvalue weighted by molar-refractivity contribution is -0.138. The first-order valence-electron chi connectivity index (χ1n) is 9.18. The molecule has 0 N–H and O–H groups in total. The number of nitrogens with zero attached hydrogens (tertiary/aromatic N) is 3. The van der Waals surface area contributed by atoms with E-state index in [2.05, 4.69) is 16.7 Å². The van der Waals surface area contributed by atoms with Crippen molar-refractivity contribution < 1.29 is 14.1 Å². The third-order valence-electron chi connectivity index (χ3n) is 4.28. The summed E-state index contributed by atoms with van der Waals surface area (Å²) in [6, 6.07) is 14.8. The maximum atomic E-state index is 12.9. The second-order valence-electron chi connectivity index (χ2n) is 6.56. The highest BCUT2D eigenvalue weighted by Gasteiger charge is 2.24. The Hall–Kier alpha value is -3.12. The number of benzene rings is 2. The first kappa shape index (κ1) is 20.6. The van der Waals surface area contributed by atoms with Crippen LogP contribution in [0.15, 0.2) is 65.7 Å². The molecule has 29 heavy (non-hydrogen) atoms. The molecule has 3 aromatic rings. The smallest absolute Gasteiger partial charge is 0.264 e. The summed E-state index contributed by atoms with van der Waals surface area (Å²) in [5.41, 5.74) is 1.73. The van der Waals surface area contributed by atoms with Crippen molar-refractivity contribution in [3.8, 4) is 17.1 Å². The standard InChI is InChI=1S/C22H22ClN3O3/c1-4-12-26(14-20-24-21(25-29-20)17-8-6-5-7-9-17)22(27)16(3)28-18-10-11-19(23)15(2)13-18/h4-11,13,16H,1,12,14H2,2-3H3/t16-/m1/s1. The summed E-state index contributed by atoms with van der Waals surface area (Å²) in [5.74, 6) is 1.19. The Morgan fingerprint density at radius 3 is 2.76 bits per heavy atom. The van der Waals surface area contributed by atoms with Crippen molar-refractivity contribution in [3.05, 3.63) is 77.7 Å². The summed E-state index contributed by atoms with van der Waals surface area (Å²) in [6.07, 6.45) is 0.943. The van der Waals surface area contributed by atoms with Gasteiger partial charge in [0.1, 0.15) is 12.3 Å². The predicted octanol–water partition coefficient (Wildman–Crippen LogP) is 4.68. The van der Waals surface area contributed by atoms with Crippen LogP contribution in [0.4, 0.5) is 0 Å². The van der Waals surface area contributed by atoms with Gasteiger partial charge in [0.15, 0.2) is 6.10 Å². The molecule has 150 valence electrons. The largest absolute Gasteiger partial charge is 0.481 e. The zero-order valence-electron chi connectivity index (χ0n) is 16.3. The highest BCUT2D eigenvalue weighted by atomic mass is 35.5. The molecule has 0 saturated heterocycles. The van der Waals surface area contributed by atoms with Crippen LogP contribution in [0.25, 0.3) is 11.4 Å². The second-order valence-corrected chi connectivity index (χ2v) is 6.96. The van der Waals surface area contributed by atoms with Crippen molar-refractivity contribution >= 4 is 17.5 Å². The molecule has 2 aromatic carbocycles. The van der Waals surface area contributed by atoms with Gasteiger partial charge in [-0.25, -0.2) is 0 Å². The summed E-state index contributed by atoms with van der Waals surface area (Å²) in [7, 11) is 0. The van der Waals surface area contributed by atoms with Gasteiger partial charge < -0.3 is 14.2 Å². The third-order valence-corrected chi connectivity index (χ3v) is 4.70. The number of hydrogen-bond acceptors (Lipinski definition) is 5. The van der Waals surface area contributed by atoms with Gasteiger partial charge in [0, 0.05) is 17.1 Å². The van der Waals surface area contributed by atoms with E-state index in [4.69, 9.17) is 20.9 Å². The average molecular weight is 412 g/mol. The molecule has 1 amide bonds. The number of amides is 1. The van der Waals surface area contributed by atoms with Gasteiger partial charge in [-0.2, -0.15) is 4.98 Å². The lowest BCUT2D eigenvalue weighted by atomic mass is 10.2. The molecular weight excluding hydrogens is 390 g/mol. The molecule has 1 aromatic heterocycles. The predicted molar refractivity (Wildman–Crippen MR) is 112 cm³/mol. The van der Waals surface area contributed by atoms with Crippen molar-refractivity contribution in [2.45, 2.75) is 26.5 Å². The molecule has 3 rings (SSSR count). The zero-order valence-corrected chi connectivity index (χ0v) is 17.1. The van der Waals surface area contributed by atoms with Crippen molar-refractivity contribution in [2.75, 3.05) is 6.54 Å². The Morgan fingerprint density at radius 1 is 1.31 bits per heavy atom. The molecule has 0 bridgehead atoms. The van der Waals surface area contributed by atoms with E-state index in [0.29, 0.717) is 29.0 Å². The number of aryl methyl sites for hydroxylation is 1. The first-order chi connectivity index (χ1) is 14.0. The van der Waals surface area contributed by atoms with Gasteiger partial charge >= 0.3 is 0 Å². The van der Waals surface area contributed by atoms with E-state index in [1.165, 1.54) is 0 Å². The highest BCUT2D eigenvalue weighted by molar-refractivity contribution is 6.31. The van der Waals surface area contributed by atoms with E-state index in [1.807, 2.05) is 37.3 Å². The zero-order chi connectivity index (χ0) is 20.8. The summed E-state index contributed by atoms with van der Waals surface area (Å²) in [5, 5.41) is 4.64. The summed E-state index contributed by atoms with van der Waals surface area (Å²) >= 11 is 6.04. The molecular formula is C22H22ClN3O3. The number of hydrogen-bond donors (Lipinski definition) is 0. The molecule has 0 aliphatic heterocycles. The monoisotopic (exact) mass is 411 g/mol. The van der Waals surface area contributed by atoms with Crippen LogP contribution in [-0.4, -0.2) is 33.6 Å². The number of rotatable bonds is 8. The lowest BCUT2D eigenvalue weighted by Gasteiger charge is -2.23. The lowest BCUT2D eigenvalue weighted by Crippen LogP contribution is -2.40. The van der Waals surface area contributed by atoms with Crippen LogP contribution in [0.2, 0.25) is 5.02 Å². The van der Waals surface area contributed by atoms with Crippen molar-refractivity contribution in [2.24, 2.45) is 0 Å².